The topological polar surface area (TPSA) is 85.3 Å². The molecule has 0 saturated carbocycles. The fraction of sp³-hybridized carbons (Fsp3) is 0.556. The Balaban J connectivity index is 1.96. The van der Waals surface area contributed by atoms with Crippen LogP contribution in [0, 0.1) is 0 Å². The molecule has 0 aliphatic carbocycles. The molecule has 1 amide bonds. The van der Waals surface area contributed by atoms with Crippen LogP contribution in [0.2, 0.25) is 0 Å². The van der Waals surface area contributed by atoms with Crippen LogP contribution in [0.15, 0.2) is 30.3 Å². The third-order valence-electron chi connectivity index (χ3n) is 3.45. The smallest absolute Gasteiger partial charge is 0.410 e. The number of carbonyl (C=O) groups is 2. The van der Waals surface area contributed by atoms with Gasteiger partial charge in [-0.05, 0) is 26.3 Å². The van der Waals surface area contributed by atoms with Crippen molar-refractivity contribution >= 4 is 12.1 Å². The molecular weight excluding hydrogens is 326 g/mol. The van der Waals surface area contributed by atoms with Crippen molar-refractivity contribution in [2.75, 3.05) is 19.7 Å². The van der Waals surface area contributed by atoms with E-state index in [1.807, 2.05) is 30.3 Å². The van der Waals surface area contributed by atoms with Crippen LogP contribution in [0.5, 0.6) is 0 Å². The minimum Gasteiger partial charge on any atom is -0.459 e. The summed E-state index contributed by atoms with van der Waals surface area (Å²) < 4.78 is 16.0. The van der Waals surface area contributed by atoms with Crippen LogP contribution in [0.3, 0.4) is 0 Å². The Hall–Kier alpha value is -2.12. The number of carbonyl (C=O) groups excluding carboxylic acids is 2. The van der Waals surface area contributed by atoms with E-state index in [0.717, 1.165) is 5.56 Å². The van der Waals surface area contributed by atoms with Crippen LogP contribution in [0.25, 0.3) is 0 Å². The van der Waals surface area contributed by atoms with Gasteiger partial charge in [-0.3, -0.25) is 0 Å². The zero-order valence-electron chi connectivity index (χ0n) is 14.8. The van der Waals surface area contributed by atoms with Gasteiger partial charge in [-0.15, -0.1) is 0 Å². The zero-order valence-corrected chi connectivity index (χ0v) is 14.8. The first kappa shape index (κ1) is 19.2. The molecular formula is C18H25NO6. The van der Waals surface area contributed by atoms with Gasteiger partial charge in [0.05, 0.1) is 25.8 Å². The Bertz CT molecular complexity index is 583. The van der Waals surface area contributed by atoms with E-state index in [-0.39, 0.29) is 26.3 Å². The van der Waals surface area contributed by atoms with E-state index >= 15 is 0 Å². The van der Waals surface area contributed by atoms with Crippen LogP contribution in [0.4, 0.5) is 4.79 Å². The third kappa shape index (κ3) is 6.36. The lowest BCUT2D eigenvalue weighted by atomic mass is 10.2. The van der Waals surface area contributed by atoms with Crippen molar-refractivity contribution in [3.63, 3.8) is 0 Å². The molecule has 2 atom stereocenters. The van der Waals surface area contributed by atoms with E-state index < -0.39 is 29.9 Å². The molecule has 25 heavy (non-hydrogen) atoms. The monoisotopic (exact) mass is 351 g/mol. The molecule has 1 aromatic rings. The number of nitrogens with zero attached hydrogens (tertiary/aromatic N) is 1. The van der Waals surface area contributed by atoms with Crippen molar-refractivity contribution in [1.29, 1.82) is 0 Å². The Morgan fingerprint density at radius 2 is 1.92 bits per heavy atom. The lowest BCUT2D eigenvalue weighted by molar-refractivity contribution is -0.159. The number of ether oxygens (including phenoxy) is 3. The summed E-state index contributed by atoms with van der Waals surface area (Å²) in [4.78, 5) is 25.8. The summed E-state index contributed by atoms with van der Waals surface area (Å²) in [5, 5.41) is 9.89. The highest BCUT2D eigenvalue weighted by atomic mass is 16.6. The van der Waals surface area contributed by atoms with E-state index in [4.69, 9.17) is 14.2 Å². The standard InChI is InChI=1S/C18H25NO6/c1-18(2,3)25-17(22)19-9-14(20)12-23-15(10-19)16(21)24-11-13-7-5-4-6-8-13/h4-8,14-15,20H,9-12H2,1-3H3/t14?,15-/m0/s1. The summed E-state index contributed by atoms with van der Waals surface area (Å²) in [7, 11) is 0. The molecule has 1 fully saturated rings. The molecule has 1 heterocycles. The summed E-state index contributed by atoms with van der Waals surface area (Å²) in [6.45, 7) is 5.33. The number of esters is 1. The number of hydrogen-bond acceptors (Lipinski definition) is 6. The molecule has 1 aromatic carbocycles. The average molecular weight is 351 g/mol. The van der Waals surface area contributed by atoms with Gasteiger partial charge in [0.2, 0.25) is 0 Å². The molecule has 0 spiro atoms. The molecule has 1 N–H and O–H groups in total. The number of aliphatic hydroxyl groups is 1. The fourth-order valence-corrected chi connectivity index (χ4v) is 2.30. The quantitative estimate of drug-likeness (QED) is 0.835. The van der Waals surface area contributed by atoms with Gasteiger partial charge in [0, 0.05) is 0 Å². The second kappa shape index (κ2) is 8.31. The normalized spacial score (nSPS) is 21.4. The van der Waals surface area contributed by atoms with Crippen LogP contribution < -0.4 is 0 Å². The van der Waals surface area contributed by atoms with Gasteiger partial charge >= 0.3 is 12.1 Å². The molecule has 1 saturated heterocycles. The molecule has 0 radical (unpaired) electrons. The van der Waals surface area contributed by atoms with Crippen molar-refractivity contribution in [2.45, 2.75) is 45.2 Å². The maximum absolute atomic E-state index is 12.3. The first-order valence-corrected chi connectivity index (χ1v) is 8.23. The largest absolute Gasteiger partial charge is 0.459 e. The number of aliphatic hydroxyl groups excluding tert-OH is 1. The number of rotatable bonds is 3. The summed E-state index contributed by atoms with van der Waals surface area (Å²) in [6, 6.07) is 9.27. The molecule has 0 bridgehead atoms. The second-order valence-corrected chi connectivity index (χ2v) is 6.95. The zero-order chi connectivity index (χ0) is 18.4. The predicted molar refractivity (Wildman–Crippen MR) is 89.8 cm³/mol. The SMILES string of the molecule is CC(C)(C)OC(=O)N1CC(O)CO[C@H](C(=O)OCc2ccccc2)C1. The lowest BCUT2D eigenvalue weighted by Gasteiger charge is -2.27. The van der Waals surface area contributed by atoms with Gasteiger partial charge in [-0.2, -0.15) is 0 Å². The van der Waals surface area contributed by atoms with Crippen molar-refractivity contribution < 1.29 is 28.9 Å². The summed E-state index contributed by atoms with van der Waals surface area (Å²) in [6.07, 6.45) is -2.45. The molecule has 7 nitrogen and oxygen atoms in total. The summed E-state index contributed by atoms with van der Waals surface area (Å²) in [5.41, 5.74) is 0.187. The highest BCUT2D eigenvalue weighted by Crippen LogP contribution is 2.15. The minimum absolute atomic E-state index is 0.0282. The summed E-state index contributed by atoms with van der Waals surface area (Å²) in [5.74, 6) is -0.577. The molecule has 138 valence electrons. The Labute approximate surface area is 147 Å². The highest BCUT2D eigenvalue weighted by Gasteiger charge is 2.33. The Morgan fingerprint density at radius 1 is 1.24 bits per heavy atom. The fourth-order valence-electron chi connectivity index (χ4n) is 2.30. The number of hydrogen-bond donors (Lipinski definition) is 1. The second-order valence-electron chi connectivity index (χ2n) is 6.95. The van der Waals surface area contributed by atoms with Gasteiger partial charge in [0.1, 0.15) is 12.2 Å². The van der Waals surface area contributed by atoms with Crippen LogP contribution in [0.1, 0.15) is 26.3 Å². The third-order valence-corrected chi connectivity index (χ3v) is 3.45. The van der Waals surface area contributed by atoms with Crippen LogP contribution in [-0.2, 0) is 25.6 Å². The number of β-amino-alcohol motifs (C(OH)–C–C–N with tert-alkyl or cyclic N) is 1. The summed E-state index contributed by atoms with van der Waals surface area (Å²) >= 11 is 0. The average Bonchev–Trinajstić information content (AvgIpc) is 2.74. The first-order valence-electron chi connectivity index (χ1n) is 8.23. The van der Waals surface area contributed by atoms with Gasteiger partial charge in [0.15, 0.2) is 6.10 Å². The van der Waals surface area contributed by atoms with Crippen LogP contribution >= 0.6 is 0 Å². The number of amides is 1. The molecule has 2 rings (SSSR count). The van der Waals surface area contributed by atoms with E-state index in [0.29, 0.717) is 0 Å². The van der Waals surface area contributed by atoms with Crippen molar-refractivity contribution in [3.8, 4) is 0 Å². The molecule has 7 heteroatoms. The maximum atomic E-state index is 12.3. The van der Waals surface area contributed by atoms with Crippen molar-refractivity contribution in [1.82, 2.24) is 4.90 Å². The van der Waals surface area contributed by atoms with Crippen molar-refractivity contribution in [2.24, 2.45) is 0 Å². The van der Waals surface area contributed by atoms with Crippen LogP contribution in [-0.4, -0.2) is 59.6 Å². The highest BCUT2D eigenvalue weighted by molar-refractivity contribution is 5.76. The van der Waals surface area contributed by atoms with Crippen molar-refractivity contribution in [3.05, 3.63) is 35.9 Å². The molecule has 1 unspecified atom stereocenters. The van der Waals surface area contributed by atoms with Gasteiger partial charge in [-0.25, -0.2) is 9.59 Å². The van der Waals surface area contributed by atoms with E-state index in [9.17, 15) is 14.7 Å². The Morgan fingerprint density at radius 3 is 2.56 bits per heavy atom. The molecule has 0 aromatic heterocycles. The Kier molecular flexibility index (Phi) is 6.39. The van der Waals surface area contributed by atoms with Gasteiger partial charge < -0.3 is 24.2 Å². The molecule has 1 aliphatic heterocycles. The number of benzene rings is 1. The minimum atomic E-state index is -0.964. The van der Waals surface area contributed by atoms with Gasteiger partial charge in [-0.1, -0.05) is 30.3 Å². The van der Waals surface area contributed by atoms with E-state index in [1.165, 1.54) is 4.90 Å². The van der Waals surface area contributed by atoms with Gasteiger partial charge in [0.25, 0.3) is 0 Å². The molecule has 1 aliphatic rings. The first-order chi connectivity index (χ1) is 11.7. The van der Waals surface area contributed by atoms with E-state index in [2.05, 4.69) is 0 Å². The van der Waals surface area contributed by atoms with E-state index in [1.54, 1.807) is 20.8 Å². The maximum Gasteiger partial charge on any atom is 0.410 e. The predicted octanol–water partition coefficient (Wildman–Crippen LogP) is 1.73. The lowest BCUT2D eigenvalue weighted by Crippen LogP contribution is -2.44.